The van der Waals surface area contributed by atoms with Gasteiger partial charge in [0.15, 0.2) is 0 Å². The summed E-state index contributed by atoms with van der Waals surface area (Å²) in [7, 11) is 0. The van der Waals surface area contributed by atoms with Crippen LogP contribution in [-0.4, -0.2) is 24.8 Å². The second kappa shape index (κ2) is 8.51. The number of nitrogens with one attached hydrogen (secondary N) is 1. The van der Waals surface area contributed by atoms with E-state index in [1.165, 1.54) is 16.7 Å². The van der Waals surface area contributed by atoms with Crippen LogP contribution in [0.25, 0.3) is 11.1 Å². The van der Waals surface area contributed by atoms with E-state index in [4.69, 9.17) is 5.11 Å². The highest BCUT2D eigenvalue weighted by Crippen LogP contribution is 2.19. The lowest BCUT2D eigenvalue weighted by Gasteiger charge is -2.06. The number of aliphatic hydroxyl groups excluding tert-OH is 1. The Bertz CT molecular complexity index is 479. The SMILES string of the molecule is OCCCCNCCc1ccc(-c2ccccc2)cc1. The second-order valence-corrected chi connectivity index (χ2v) is 4.99. The molecule has 0 aliphatic carbocycles. The van der Waals surface area contributed by atoms with Gasteiger partial charge in [0.2, 0.25) is 0 Å². The Hall–Kier alpha value is -1.64. The van der Waals surface area contributed by atoms with E-state index in [-0.39, 0.29) is 0 Å². The van der Waals surface area contributed by atoms with Gasteiger partial charge in [0, 0.05) is 6.61 Å². The van der Waals surface area contributed by atoms with Crippen LogP contribution < -0.4 is 5.32 Å². The van der Waals surface area contributed by atoms with Crippen LogP contribution in [0.2, 0.25) is 0 Å². The molecule has 2 aromatic carbocycles. The molecular weight excluding hydrogens is 246 g/mol. The fourth-order valence-electron chi connectivity index (χ4n) is 2.21. The molecule has 0 unspecified atom stereocenters. The molecule has 2 rings (SSSR count). The van der Waals surface area contributed by atoms with Crippen LogP contribution >= 0.6 is 0 Å². The first kappa shape index (κ1) is 14.8. The number of benzene rings is 2. The van der Waals surface area contributed by atoms with Gasteiger partial charge in [-0.15, -0.1) is 0 Å². The maximum atomic E-state index is 8.69. The van der Waals surface area contributed by atoms with E-state index in [0.29, 0.717) is 6.61 Å². The van der Waals surface area contributed by atoms with Crippen molar-refractivity contribution in [1.82, 2.24) is 5.32 Å². The summed E-state index contributed by atoms with van der Waals surface area (Å²) in [5, 5.41) is 12.1. The molecule has 0 spiro atoms. The third-order valence-electron chi connectivity index (χ3n) is 3.41. The summed E-state index contributed by atoms with van der Waals surface area (Å²) in [6.45, 7) is 2.28. The molecule has 106 valence electrons. The molecule has 2 nitrogen and oxygen atoms in total. The van der Waals surface area contributed by atoms with Crippen LogP contribution in [0, 0.1) is 0 Å². The van der Waals surface area contributed by atoms with Crippen molar-refractivity contribution in [1.29, 1.82) is 0 Å². The number of rotatable bonds is 8. The van der Waals surface area contributed by atoms with Crippen molar-refractivity contribution in [3.05, 3.63) is 60.2 Å². The van der Waals surface area contributed by atoms with Crippen molar-refractivity contribution in [3.63, 3.8) is 0 Å². The minimum Gasteiger partial charge on any atom is -0.396 e. The van der Waals surface area contributed by atoms with Gasteiger partial charge in [-0.05, 0) is 49.0 Å². The van der Waals surface area contributed by atoms with E-state index >= 15 is 0 Å². The average molecular weight is 269 g/mol. The molecule has 2 N–H and O–H groups in total. The van der Waals surface area contributed by atoms with Gasteiger partial charge in [-0.3, -0.25) is 0 Å². The summed E-state index contributed by atoms with van der Waals surface area (Å²) < 4.78 is 0. The Labute approximate surface area is 121 Å². The normalized spacial score (nSPS) is 10.7. The molecule has 0 aliphatic rings. The maximum absolute atomic E-state index is 8.69. The van der Waals surface area contributed by atoms with Gasteiger partial charge < -0.3 is 10.4 Å². The van der Waals surface area contributed by atoms with Gasteiger partial charge in [0.05, 0.1) is 0 Å². The summed E-state index contributed by atoms with van der Waals surface area (Å²) in [6, 6.07) is 19.2. The van der Waals surface area contributed by atoms with Gasteiger partial charge in [-0.2, -0.15) is 0 Å². The zero-order valence-electron chi connectivity index (χ0n) is 11.9. The van der Waals surface area contributed by atoms with Gasteiger partial charge >= 0.3 is 0 Å². The smallest absolute Gasteiger partial charge is 0.0431 e. The Morgan fingerprint density at radius 3 is 2.15 bits per heavy atom. The van der Waals surface area contributed by atoms with Crippen molar-refractivity contribution < 1.29 is 5.11 Å². The van der Waals surface area contributed by atoms with Crippen molar-refractivity contribution in [2.75, 3.05) is 19.7 Å². The lowest BCUT2D eigenvalue weighted by atomic mass is 10.0. The first-order chi connectivity index (χ1) is 9.90. The molecule has 20 heavy (non-hydrogen) atoms. The molecule has 0 aliphatic heterocycles. The van der Waals surface area contributed by atoms with E-state index in [1.54, 1.807) is 0 Å². The van der Waals surface area contributed by atoms with Crippen LogP contribution in [0.15, 0.2) is 54.6 Å². The summed E-state index contributed by atoms with van der Waals surface area (Å²) in [4.78, 5) is 0. The van der Waals surface area contributed by atoms with E-state index in [1.807, 2.05) is 6.07 Å². The largest absolute Gasteiger partial charge is 0.396 e. The molecular formula is C18H23NO. The molecule has 0 radical (unpaired) electrons. The number of hydrogen-bond donors (Lipinski definition) is 2. The Balaban J connectivity index is 1.77. The maximum Gasteiger partial charge on any atom is 0.0431 e. The number of aliphatic hydroxyl groups is 1. The molecule has 0 saturated heterocycles. The predicted molar refractivity (Wildman–Crippen MR) is 84.8 cm³/mol. The summed E-state index contributed by atoms with van der Waals surface area (Å²) in [5.41, 5.74) is 3.89. The molecule has 0 saturated carbocycles. The molecule has 0 fully saturated rings. The summed E-state index contributed by atoms with van der Waals surface area (Å²) >= 11 is 0. The third-order valence-corrected chi connectivity index (χ3v) is 3.41. The highest BCUT2D eigenvalue weighted by molar-refractivity contribution is 5.63. The number of hydrogen-bond acceptors (Lipinski definition) is 2. The first-order valence-corrected chi connectivity index (χ1v) is 7.36. The van der Waals surface area contributed by atoms with Gasteiger partial charge in [-0.1, -0.05) is 54.6 Å². The molecule has 0 bridgehead atoms. The van der Waals surface area contributed by atoms with E-state index < -0.39 is 0 Å². The Morgan fingerprint density at radius 2 is 1.45 bits per heavy atom. The monoisotopic (exact) mass is 269 g/mol. The zero-order chi connectivity index (χ0) is 14.0. The Morgan fingerprint density at radius 1 is 0.750 bits per heavy atom. The van der Waals surface area contributed by atoms with Crippen LogP contribution in [0.3, 0.4) is 0 Å². The van der Waals surface area contributed by atoms with E-state index in [2.05, 4.69) is 53.8 Å². The van der Waals surface area contributed by atoms with Gasteiger partial charge in [-0.25, -0.2) is 0 Å². The quantitative estimate of drug-likeness (QED) is 0.721. The average Bonchev–Trinajstić information content (AvgIpc) is 2.52. The molecule has 2 aromatic rings. The lowest BCUT2D eigenvalue weighted by molar-refractivity contribution is 0.284. The van der Waals surface area contributed by atoms with Crippen molar-refractivity contribution in [3.8, 4) is 11.1 Å². The Kier molecular flexibility index (Phi) is 6.28. The second-order valence-electron chi connectivity index (χ2n) is 4.99. The lowest BCUT2D eigenvalue weighted by Crippen LogP contribution is -2.18. The van der Waals surface area contributed by atoms with Crippen molar-refractivity contribution in [2.24, 2.45) is 0 Å². The van der Waals surface area contributed by atoms with Gasteiger partial charge in [0.1, 0.15) is 0 Å². The van der Waals surface area contributed by atoms with Crippen LogP contribution in [0.1, 0.15) is 18.4 Å². The molecule has 0 heterocycles. The minimum absolute atomic E-state index is 0.294. The highest BCUT2D eigenvalue weighted by atomic mass is 16.2. The number of unbranched alkanes of at least 4 members (excludes halogenated alkanes) is 1. The topological polar surface area (TPSA) is 32.3 Å². The zero-order valence-corrected chi connectivity index (χ0v) is 11.9. The van der Waals surface area contributed by atoms with Gasteiger partial charge in [0.25, 0.3) is 0 Å². The molecule has 0 atom stereocenters. The van der Waals surface area contributed by atoms with Crippen molar-refractivity contribution >= 4 is 0 Å². The van der Waals surface area contributed by atoms with Crippen LogP contribution in [0.4, 0.5) is 0 Å². The fourth-order valence-corrected chi connectivity index (χ4v) is 2.21. The molecule has 0 amide bonds. The predicted octanol–water partition coefficient (Wildman–Crippen LogP) is 3.26. The minimum atomic E-state index is 0.294. The molecule has 0 aromatic heterocycles. The fraction of sp³-hybridized carbons (Fsp3) is 0.333. The molecule has 2 heteroatoms. The summed E-state index contributed by atoms with van der Waals surface area (Å²) in [6.07, 6.45) is 2.98. The standard InChI is InChI=1S/C18H23NO/c20-15-5-4-13-19-14-12-16-8-10-18(11-9-16)17-6-2-1-3-7-17/h1-3,6-11,19-20H,4-5,12-15H2. The van der Waals surface area contributed by atoms with Crippen LogP contribution in [0.5, 0.6) is 0 Å². The van der Waals surface area contributed by atoms with Crippen LogP contribution in [-0.2, 0) is 6.42 Å². The highest BCUT2D eigenvalue weighted by Gasteiger charge is 1.97. The first-order valence-electron chi connectivity index (χ1n) is 7.36. The van der Waals surface area contributed by atoms with E-state index in [0.717, 1.165) is 32.4 Å². The van der Waals surface area contributed by atoms with Crippen molar-refractivity contribution in [2.45, 2.75) is 19.3 Å². The summed E-state index contributed by atoms with van der Waals surface area (Å²) in [5.74, 6) is 0. The third kappa shape index (κ3) is 4.80. The van der Waals surface area contributed by atoms with E-state index in [9.17, 15) is 0 Å².